The van der Waals surface area contributed by atoms with Crippen molar-refractivity contribution in [2.24, 2.45) is 0 Å². The molecule has 1 saturated heterocycles. The van der Waals surface area contributed by atoms with Gasteiger partial charge in [0.2, 0.25) is 5.95 Å². The van der Waals surface area contributed by atoms with Crippen molar-refractivity contribution in [1.29, 1.82) is 0 Å². The molecule has 2 aromatic rings. The molecule has 1 aromatic carbocycles. The van der Waals surface area contributed by atoms with Crippen LogP contribution in [0.4, 0.5) is 17.5 Å². The molecule has 2 heterocycles. The maximum absolute atomic E-state index is 5.94. The average molecular weight is 306 g/mol. The van der Waals surface area contributed by atoms with Gasteiger partial charge in [-0.15, -0.1) is 5.10 Å². The van der Waals surface area contributed by atoms with Crippen molar-refractivity contribution in [3.8, 4) is 0 Å². The number of aromatic nitrogens is 3. The zero-order chi connectivity index (χ0) is 14.5. The first-order chi connectivity index (χ1) is 10.3. The largest absolute Gasteiger partial charge is 0.376 e. The fourth-order valence-corrected chi connectivity index (χ4v) is 2.35. The molecular formula is C14H16ClN5O. The van der Waals surface area contributed by atoms with Crippen LogP contribution in [-0.2, 0) is 4.74 Å². The zero-order valence-corrected chi connectivity index (χ0v) is 12.2. The molecular weight excluding hydrogens is 290 g/mol. The molecule has 1 fully saturated rings. The summed E-state index contributed by atoms with van der Waals surface area (Å²) in [7, 11) is 0. The van der Waals surface area contributed by atoms with E-state index in [9.17, 15) is 0 Å². The van der Waals surface area contributed by atoms with Gasteiger partial charge in [0.1, 0.15) is 0 Å². The van der Waals surface area contributed by atoms with Gasteiger partial charge in [0.05, 0.1) is 12.3 Å². The first kappa shape index (κ1) is 14.0. The molecule has 0 bridgehead atoms. The Hall–Kier alpha value is -1.92. The number of benzene rings is 1. The molecule has 1 atom stereocenters. The molecule has 3 rings (SSSR count). The Morgan fingerprint density at radius 3 is 3.14 bits per heavy atom. The molecule has 0 aliphatic carbocycles. The van der Waals surface area contributed by atoms with Crippen molar-refractivity contribution in [3.05, 3.63) is 35.5 Å². The summed E-state index contributed by atoms with van der Waals surface area (Å²) in [4.78, 5) is 4.36. The van der Waals surface area contributed by atoms with Gasteiger partial charge >= 0.3 is 0 Å². The smallest absolute Gasteiger partial charge is 0.249 e. The Bertz CT molecular complexity index is 603. The third-order valence-corrected chi connectivity index (χ3v) is 3.41. The fourth-order valence-electron chi connectivity index (χ4n) is 2.16. The van der Waals surface area contributed by atoms with E-state index in [4.69, 9.17) is 16.3 Å². The highest BCUT2D eigenvalue weighted by Crippen LogP contribution is 2.18. The molecule has 0 radical (unpaired) electrons. The number of hydrogen-bond acceptors (Lipinski definition) is 6. The number of nitrogens with one attached hydrogen (secondary N) is 2. The predicted molar refractivity (Wildman–Crippen MR) is 82.0 cm³/mol. The zero-order valence-electron chi connectivity index (χ0n) is 11.4. The molecule has 1 aliphatic heterocycles. The number of nitrogens with zero attached hydrogens (tertiary/aromatic N) is 3. The second kappa shape index (κ2) is 6.69. The molecule has 0 amide bonds. The van der Waals surface area contributed by atoms with Gasteiger partial charge in [-0.2, -0.15) is 10.1 Å². The van der Waals surface area contributed by atoms with Gasteiger partial charge in [0.25, 0.3) is 0 Å². The Labute approximate surface area is 127 Å². The van der Waals surface area contributed by atoms with Crippen LogP contribution < -0.4 is 10.6 Å². The third kappa shape index (κ3) is 4.03. The van der Waals surface area contributed by atoms with Crippen molar-refractivity contribution >= 4 is 29.1 Å². The second-order valence-corrected chi connectivity index (χ2v) is 5.25. The number of ether oxygens (including phenoxy) is 1. The van der Waals surface area contributed by atoms with Crippen LogP contribution >= 0.6 is 11.6 Å². The molecule has 0 spiro atoms. The van der Waals surface area contributed by atoms with Gasteiger partial charge in [0.15, 0.2) is 5.82 Å². The fraction of sp³-hybridized carbons (Fsp3) is 0.357. The molecule has 6 nitrogen and oxygen atoms in total. The summed E-state index contributed by atoms with van der Waals surface area (Å²) in [6.07, 6.45) is 4.05. The molecule has 2 N–H and O–H groups in total. The summed E-state index contributed by atoms with van der Waals surface area (Å²) in [5.74, 6) is 1.10. The van der Waals surface area contributed by atoms with E-state index in [0.29, 0.717) is 16.8 Å². The second-order valence-electron chi connectivity index (χ2n) is 4.82. The summed E-state index contributed by atoms with van der Waals surface area (Å²) in [5, 5.41) is 14.8. The van der Waals surface area contributed by atoms with Gasteiger partial charge in [-0.3, -0.25) is 0 Å². The van der Waals surface area contributed by atoms with E-state index in [-0.39, 0.29) is 6.10 Å². The van der Waals surface area contributed by atoms with Crippen molar-refractivity contribution in [1.82, 2.24) is 15.2 Å². The van der Waals surface area contributed by atoms with Gasteiger partial charge in [0, 0.05) is 23.9 Å². The Balaban J connectivity index is 1.62. The van der Waals surface area contributed by atoms with Gasteiger partial charge in [-0.1, -0.05) is 17.7 Å². The lowest BCUT2D eigenvalue weighted by molar-refractivity contribution is 0.120. The standard InChI is InChI=1S/C14H16ClN5O/c15-10-3-1-4-11(7-10)18-14-19-13(9-17-20-14)16-8-12-5-2-6-21-12/h1,3-4,7,9,12H,2,5-6,8H2,(H2,16,18,19,20). The minimum Gasteiger partial charge on any atom is -0.376 e. The minimum absolute atomic E-state index is 0.254. The summed E-state index contributed by atoms with van der Waals surface area (Å²) in [6.45, 7) is 1.57. The summed E-state index contributed by atoms with van der Waals surface area (Å²) < 4.78 is 5.56. The Morgan fingerprint density at radius 1 is 1.38 bits per heavy atom. The first-order valence-corrected chi connectivity index (χ1v) is 7.25. The van der Waals surface area contributed by atoms with E-state index in [1.165, 1.54) is 0 Å². The highest BCUT2D eigenvalue weighted by molar-refractivity contribution is 6.30. The van der Waals surface area contributed by atoms with E-state index in [1.54, 1.807) is 12.3 Å². The number of rotatable bonds is 5. The third-order valence-electron chi connectivity index (χ3n) is 3.17. The van der Waals surface area contributed by atoms with Gasteiger partial charge in [-0.25, -0.2) is 0 Å². The van der Waals surface area contributed by atoms with Crippen molar-refractivity contribution < 1.29 is 4.74 Å². The van der Waals surface area contributed by atoms with Crippen LogP contribution in [0, 0.1) is 0 Å². The minimum atomic E-state index is 0.254. The molecule has 21 heavy (non-hydrogen) atoms. The number of anilines is 3. The van der Waals surface area contributed by atoms with Crippen molar-refractivity contribution in [2.75, 3.05) is 23.8 Å². The molecule has 1 aliphatic rings. The van der Waals surface area contributed by atoms with E-state index in [2.05, 4.69) is 25.8 Å². The quantitative estimate of drug-likeness (QED) is 0.885. The number of hydrogen-bond donors (Lipinski definition) is 2. The molecule has 110 valence electrons. The van der Waals surface area contributed by atoms with E-state index in [0.717, 1.165) is 31.7 Å². The molecule has 1 aromatic heterocycles. The summed E-state index contributed by atoms with van der Waals surface area (Å²) >= 11 is 5.94. The van der Waals surface area contributed by atoms with Crippen LogP contribution in [0.2, 0.25) is 5.02 Å². The Morgan fingerprint density at radius 2 is 2.33 bits per heavy atom. The monoisotopic (exact) mass is 305 g/mol. The van der Waals surface area contributed by atoms with E-state index >= 15 is 0 Å². The summed E-state index contributed by atoms with van der Waals surface area (Å²) in [5.41, 5.74) is 0.820. The first-order valence-electron chi connectivity index (χ1n) is 6.87. The highest BCUT2D eigenvalue weighted by Gasteiger charge is 2.15. The predicted octanol–water partition coefficient (Wildman–Crippen LogP) is 2.86. The van der Waals surface area contributed by atoms with Crippen molar-refractivity contribution in [3.63, 3.8) is 0 Å². The van der Waals surface area contributed by atoms with Crippen LogP contribution in [0.25, 0.3) is 0 Å². The van der Waals surface area contributed by atoms with Gasteiger partial charge < -0.3 is 15.4 Å². The average Bonchev–Trinajstić information content (AvgIpc) is 2.99. The van der Waals surface area contributed by atoms with Crippen LogP contribution in [-0.4, -0.2) is 34.4 Å². The van der Waals surface area contributed by atoms with Crippen molar-refractivity contribution in [2.45, 2.75) is 18.9 Å². The highest BCUT2D eigenvalue weighted by atomic mass is 35.5. The maximum atomic E-state index is 5.94. The lowest BCUT2D eigenvalue weighted by Crippen LogP contribution is -2.19. The molecule has 1 unspecified atom stereocenters. The SMILES string of the molecule is Clc1cccc(Nc2nncc(NCC3CCCO3)n2)c1. The van der Waals surface area contributed by atoms with E-state index < -0.39 is 0 Å². The van der Waals surface area contributed by atoms with Crippen LogP contribution in [0.1, 0.15) is 12.8 Å². The number of halogens is 1. The lowest BCUT2D eigenvalue weighted by Gasteiger charge is -2.11. The molecule has 7 heteroatoms. The lowest BCUT2D eigenvalue weighted by atomic mass is 10.2. The van der Waals surface area contributed by atoms with E-state index in [1.807, 2.05) is 18.2 Å². The van der Waals surface area contributed by atoms with Gasteiger partial charge in [-0.05, 0) is 31.0 Å². The topological polar surface area (TPSA) is 72.0 Å². The normalized spacial score (nSPS) is 17.7. The molecule has 0 saturated carbocycles. The summed E-state index contributed by atoms with van der Waals surface area (Å²) in [6, 6.07) is 7.36. The Kier molecular flexibility index (Phi) is 4.47. The van der Waals surface area contributed by atoms with Crippen LogP contribution in [0.5, 0.6) is 0 Å². The maximum Gasteiger partial charge on any atom is 0.249 e. The van der Waals surface area contributed by atoms with Crippen LogP contribution in [0.15, 0.2) is 30.5 Å². The van der Waals surface area contributed by atoms with Crippen LogP contribution in [0.3, 0.4) is 0 Å².